The summed E-state index contributed by atoms with van der Waals surface area (Å²) < 4.78 is 5.10. The number of nitrogens with one attached hydrogen (secondary N) is 1. The zero-order valence-electron chi connectivity index (χ0n) is 9.96. The third-order valence-corrected chi connectivity index (χ3v) is 4.71. The lowest BCUT2D eigenvalue weighted by molar-refractivity contribution is 0.0453. The number of aromatic amines is 1. The van der Waals surface area contributed by atoms with Crippen LogP contribution in [0, 0.1) is 0 Å². The van der Waals surface area contributed by atoms with Crippen molar-refractivity contribution < 1.29 is 9.84 Å². The van der Waals surface area contributed by atoms with Crippen molar-refractivity contribution in [2.45, 2.75) is 18.7 Å². The molecule has 0 spiro atoms. The highest BCUT2D eigenvalue weighted by Crippen LogP contribution is 2.36. The van der Waals surface area contributed by atoms with Gasteiger partial charge >= 0.3 is 0 Å². The lowest BCUT2D eigenvalue weighted by Crippen LogP contribution is -2.15. The molecule has 0 aliphatic carbocycles. The zero-order valence-corrected chi connectivity index (χ0v) is 10.9. The summed E-state index contributed by atoms with van der Waals surface area (Å²) in [5.74, 6) is 1.87. The van der Waals surface area contributed by atoms with Crippen LogP contribution in [0.15, 0.2) is 10.7 Å². The molecule has 2 unspecified atom stereocenters. The van der Waals surface area contributed by atoms with Crippen LogP contribution in [-0.2, 0) is 10.9 Å². The number of ether oxygens (including phenoxy) is 1. The fraction of sp³-hybridized carbons (Fsp3) is 0.500. The molecule has 0 aromatic carbocycles. The van der Waals surface area contributed by atoms with E-state index < -0.39 is 7.53 Å². The largest absolute Gasteiger partial charge is 0.394 e. The molecule has 0 aliphatic rings. The maximum Gasteiger partial charge on any atom is 0.279 e. The summed E-state index contributed by atoms with van der Waals surface area (Å²) in [6, 6.07) is 0. The Morgan fingerprint density at radius 2 is 2.44 bits per heavy atom. The molecule has 0 fully saturated rings. The van der Waals surface area contributed by atoms with Gasteiger partial charge in [-0.1, -0.05) is 7.53 Å². The maximum absolute atomic E-state index is 11.6. The number of rotatable bonds is 5. The van der Waals surface area contributed by atoms with Crippen LogP contribution in [0.5, 0.6) is 0 Å². The lowest BCUT2D eigenvalue weighted by atomic mass is 10.3. The van der Waals surface area contributed by atoms with E-state index in [2.05, 4.69) is 15.0 Å². The Morgan fingerprint density at radius 3 is 3.11 bits per heavy atom. The number of aromatic nitrogens is 3. The number of H-pyrrole nitrogens is 1. The number of nitrogens with two attached hydrogens (primary N) is 1. The third-order valence-electron chi connectivity index (χ3n) is 2.72. The average molecular weight is 270 g/mol. The Balaban J connectivity index is 2.27. The van der Waals surface area contributed by atoms with Crippen LogP contribution in [0.25, 0.3) is 10.8 Å². The first kappa shape index (κ1) is 13.0. The van der Waals surface area contributed by atoms with Gasteiger partial charge in [0.05, 0.1) is 12.7 Å². The summed E-state index contributed by atoms with van der Waals surface area (Å²) in [5, 5.41) is 9.71. The minimum absolute atomic E-state index is 0.0192. The van der Waals surface area contributed by atoms with Crippen LogP contribution in [0.1, 0.15) is 6.42 Å². The zero-order chi connectivity index (χ0) is 13.1. The SMILES string of the molecule is COC(CO)CCp1cnc2c(=O)[nH]c(N)nc21. The number of hydrogen-bond donors (Lipinski definition) is 3. The normalized spacial score (nSPS) is 14.0. The predicted molar refractivity (Wildman–Crippen MR) is 69.8 cm³/mol. The van der Waals surface area contributed by atoms with E-state index in [0.717, 1.165) is 6.16 Å². The van der Waals surface area contributed by atoms with Gasteiger partial charge in [0.25, 0.3) is 5.56 Å². The maximum atomic E-state index is 11.6. The van der Waals surface area contributed by atoms with E-state index in [1.165, 1.54) is 0 Å². The van der Waals surface area contributed by atoms with Crippen LogP contribution in [0.4, 0.5) is 5.95 Å². The van der Waals surface area contributed by atoms with Gasteiger partial charge < -0.3 is 15.6 Å². The van der Waals surface area contributed by atoms with Gasteiger partial charge in [0, 0.05) is 13.0 Å². The molecule has 0 amide bonds. The monoisotopic (exact) mass is 270 g/mol. The van der Waals surface area contributed by atoms with Crippen LogP contribution in [0.2, 0.25) is 0 Å². The van der Waals surface area contributed by atoms with Gasteiger partial charge in [0.15, 0.2) is 5.52 Å². The Kier molecular flexibility index (Phi) is 3.96. The molecule has 0 saturated heterocycles. The van der Waals surface area contributed by atoms with E-state index in [1.54, 1.807) is 13.0 Å². The Labute approximate surface area is 104 Å². The van der Waals surface area contributed by atoms with Crippen molar-refractivity contribution in [3.63, 3.8) is 0 Å². The number of nitrogen functional groups attached to an aromatic ring is 1. The van der Waals surface area contributed by atoms with Gasteiger partial charge in [-0.15, -0.1) is 0 Å². The second kappa shape index (κ2) is 5.48. The summed E-state index contributed by atoms with van der Waals surface area (Å²) >= 11 is 0. The van der Waals surface area contributed by atoms with Gasteiger partial charge in [-0.2, -0.15) is 0 Å². The number of hydrogen-bond acceptors (Lipinski definition) is 6. The van der Waals surface area contributed by atoms with Crippen molar-refractivity contribution in [3.8, 4) is 0 Å². The molecule has 0 aliphatic heterocycles. The summed E-state index contributed by atoms with van der Waals surface area (Å²) in [4.78, 5) is 22.2. The second-order valence-electron chi connectivity index (χ2n) is 3.89. The molecule has 0 bridgehead atoms. The molecule has 2 heterocycles. The molecule has 18 heavy (non-hydrogen) atoms. The third kappa shape index (κ3) is 2.53. The minimum Gasteiger partial charge on any atom is -0.394 e. The van der Waals surface area contributed by atoms with Gasteiger partial charge in [-0.05, 0) is 12.6 Å². The molecule has 2 aromatic heterocycles. The highest BCUT2D eigenvalue weighted by atomic mass is 31.1. The number of methoxy groups -OCH3 is 1. The fourth-order valence-corrected chi connectivity index (χ4v) is 3.63. The number of anilines is 1. The van der Waals surface area contributed by atoms with Crippen LogP contribution >= 0.6 is 7.53 Å². The first-order valence-electron chi connectivity index (χ1n) is 5.50. The van der Waals surface area contributed by atoms with Gasteiger partial charge in [-0.25, -0.2) is 9.97 Å². The van der Waals surface area contributed by atoms with Crippen molar-refractivity contribution >= 4 is 24.2 Å². The van der Waals surface area contributed by atoms with Gasteiger partial charge in [0.2, 0.25) is 5.95 Å². The van der Waals surface area contributed by atoms with E-state index in [-0.39, 0.29) is 24.2 Å². The summed E-state index contributed by atoms with van der Waals surface area (Å²) in [7, 11) is 0.830. The van der Waals surface area contributed by atoms with E-state index in [1.807, 2.05) is 0 Å². The average Bonchev–Trinajstić information content (AvgIpc) is 2.74. The van der Waals surface area contributed by atoms with Crippen LogP contribution < -0.4 is 11.3 Å². The summed E-state index contributed by atoms with van der Waals surface area (Å²) in [5.41, 5.74) is 5.58. The number of nitrogens with zero attached hydrogens (tertiary/aromatic N) is 2. The fourth-order valence-electron chi connectivity index (χ4n) is 1.70. The van der Waals surface area contributed by atoms with Crippen molar-refractivity contribution in [2.24, 2.45) is 0 Å². The molecule has 98 valence electrons. The molecular weight excluding hydrogens is 255 g/mol. The quantitative estimate of drug-likeness (QED) is 0.719. The number of fused-ring (bicyclic) bond motifs is 1. The van der Waals surface area contributed by atoms with E-state index in [4.69, 9.17) is 15.6 Å². The number of aliphatic hydroxyl groups is 1. The molecular formula is C10H15N4O3P. The molecule has 2 rings (SSSR count). The Bertz CT molecular complexity index is 590. The first-order valence-corrected chi connectivity index (χ1v) is 7.09. The van der Waals surface area contributed by atoms with Crippen molar-refractivity contribution in [1.29, 1.82) is 0 Å². The standard InChI is InChI=1S/C10H15N4O3P/c1-17-6(4-15)2-3-18-5-12-7-8(16)13-10(11)14-9(7)18/h5-6,15H,2-4H2,1H3,(H3,11,13,14,16). The molecule has 4 N–H and O–H groups in total. The molecule has 2 aromatic rings. The number of aryl methyl sites for hydroxylation is 1. The summed E-state index contributed by atoms with van der Waals surface area (Å²) in [6.07, 6.45) is 1.27. The molecule has 0 radical (unpaired) electrons. The molecule has 2 atom stereocenters. The number of aliphatic hydroxyl groups excluding tert-OH is 1. The van der Waals surface area contributed by atoms with E-state index >= 15 is 0 Å². The Morgan fingerprint density at radius 1 is 1.67 bits per heavy atom. The Hall–Kier alpha value is -1.43. The van der Waals surface area contributed by atoms with E-state index in [0.29, 0.717) is 17.2 Å². The highest BCUT2D eigenvalue weighted by molar-refractivity contribution is 7.53. The molecule has 8 heteroatoms. The van der Waals surface area contributed by atoms with Gasteiger partial charge in [0.1, 0.15) is 5.25 Å². The van der Waals surface area contributed by atoms with E-state index in [9.17, 15) is 4.79 Å². The predicted octanol–water partition coefficient (Wildman–Crippen LogP) is 0.284. The molecule has 0 saturated carbocycles. The van der Waals surface area contributed by atoms with Crippen LogP contribution in [-0.4, -0.2) is 39.9 Å². The van der Waals surface area contributed by atoms with Gasteiger partial charge in [-0.3, -0.25) is 9.78 Å². The smallest absolute Gasteiger partial charge is 0.279 e. The second-order valence-corrected chi connectivity index (χ2v) is 5.93. The molecule has 7 nitrogen and oxygen atoms in total. The topological polar surface area (TPSA) is 114 Å². The first-order chi connectivity index (χ1) is 8.65. The van der Waals surface area contributed by atoms with Crippen molar-refractivity contribution in [3.05, 3.63) is 16.3 Å². The minimum atomic E-state index is -0.731. The highest BCUT2D eigenvalue weighted by Gasteiger charge is 2.12. The van der Waals surface area contributed by atoms with Crippen molar-refractivity contribution in [2.75, 3.05) is 19.5 Å². The van der Waals surface area contributed by atoms with Crippen LogP contribution in [0.3, 0.4) is 0 Å². The summed E-state index contributed by atoms with van der Waals surface area (Å²) in [6.45, 7) is -0.0192. The van der Waals surface area contributed by atoms with Crippen molar-refractivity contribution in [1.82, 2.24) is 15.0 Å². The lowest BCUT2D eigenvalue weighted by Gasteiger charge is -2.11.